The standard InChI is InChI=1S/C14H18N4S/c1-10-9-15-14(17-13(10)18(2)3)16-11-7-5-6-8-12(11)19-4/h5-9H,1-4H3,(H,15,16,17). The molecule has 0 radical (unpaired) electrons. The molecule has 0 aliphatic rings. The van der Waals surface area contributed by atoms with Crippen molar-refractivity contribution in [2.24, 2.45) is 0 Å². The average Bonchev–Trinajstić information content (AvgIpc) is 2.41. The Morgan fingerprint density at radius 2 is 1.95 bits per heavy atom. The molecule has 19 heavy (non-hydrogen) atoms. The number of hydrogen-bond acceptors (Lipinski definition) is 5. The number of nitrogens with one attached hydrogen (secondary N) is 1. The summed E-state index contributed by atoms with van der Waals surface area (Å²) < 4.78 is 0. The van der Waals surface area contributed by atoms with Crippen molar-refractivity contribution in [2.45, 2.75) is 11.8 Å². The van der Waals surface area contributed by atoms with Gasteiger partial charge in [-0.3, -0.25) is 0 Å². The first-order valence-electron chi connectivity index (χ1n) is 6.03. The van der Waals surface area contributed by atoms with Gasteiger partial charge in [-0.15, -0.1) is 11.8 Å². The minimum absolute atomic E-state index is 0.621. The van der Waals surface area contributed by atoms with Crippen LogP contribution in [0, 0.1) is 6.92 Å². The van der Waals surface area contributed by atoms with Crippen LogP contribution in [-0.2, 0) is 0 Å². The van der Waals surface area contributed by atoms with E-state index in [-0.39, 0.29) is 0 Å². The maximum absolute atomic E-state index is 4.54. The maximum Gasteiger partial charge on any atom is 0.229 e. The van der Waals surface area contributed by atoms with Gasteiger partial charge in [0.05, 0.1) is 5.69 Å². The van der Waals surface area contributed by atoms with Gasteiger partial charge >= 0.3 is 0 Å². The molecule has 4 nitrogen and oxygen atoms in total. The van der Waals surface area contributed by atoms with E-state index in [1.165, 1.54) is 4.90 Å². The second-order valence-corrected chi connectivity index (χ2v) is 5.27. The normalized spacial score (nSPS) is 10.3. The fourth-order valence-electron chi connectivity index (χ4n) is 1.81. The van der Waals surface area contributed by atoms with Crippen LogP contribution in [-0.4, -0.2) is 30.3 Å². The lowest BCUT2D eigenvalue weighted by Gasteiger charge is -2.15. The van der Waals surface area contributed by atoms with Gasteiger partial charge < -0.3 is 10.2 Å². The number of nitrogens with zero attached hydrogens (tertiary/aromatic N) is 3. The summed E-state index contributed by atoms with van der Waals surface area (Å²) in [5.41, 5.74) is 2.09. The van der Waals surface area contributed by atoms with Crippen molar-refractivity contribution in [3.8, 4) is 0 Å². The Bertz CT molecular complexity index is 569. The molecule has 100 valence electrons. The van der Waals surface area contributed by atoms with Crippen molar-refractivity contribution >= 4 is 29.2 Å². The fraction of sp³-hybridized carbons (Fsp3) is 0.286. The number of para-hydroxylation sites is 1. The third-order valence-corrected chi connectivity index (χ3v) is 3.52. The third kappa shape index (κ3) is 3.17. The quantitative estimate of drug-likeness (QED) is 0.866. The number of hydrogen-bond donors (Lipinski definition) is 1. The summed E-state index contributed by atoms with van der Waals surface area (Å²) in [4.78, 5) is 12.0. The van der Waals surface area contributed by atoms with E-state index in [4.69, 9.17) is 0 Å². The summed E-state index contributed by atoms with van der Waals surface area (Å²) in [5, 5.41) is 3.28. The van der Waals surface area contributed by atoms with E-state index in [1.54, 1.807) is 11.8 Å². The topological polar surface area (TPSA) is 41.1 Å². The average molecular weight is 274 g/mol. The summed E-state index contributed by atoms with van der Waals surface area (Å²) in [5.74, 6) is 1.55. The van der Waals surface area contributed by atoms with Gasteiger partial charge in [0.25, 0.3) is 0 Å². The van der Waals surface area contributed by atoms with E-state index in [9.17, 15) is 0 Å². The molecule has 0 aliphatic heterocycles. The highest BCUT2D eigenvalue weighted by Crippen LogP contribution is 2.27. The minimum Gasteiger partial charge on any atom is -0.362 e. The van der Waals surface area contributed by atoms with Crippen LogP contribution >= 0.6 is 11.8 Å². The Hall–Kier alpha value is -1.75. The number of rotatable bonds is 4. The second-order valence-electron chi connectivity index (χ2n) is 4.42. The fourth-order valence-corrected chi connectivity index (χ4v) is 2.37. The number of benzene rings is 1. The van der Waals surface area contributed by atoms with Gasteiger partial charge in [0.1, 0.15) is 5.82 Å². The van der Waals surface area contributed by atoms with Gasteiger partial charge in [0.2, 0.25) is 5.95 Å². The van der Waals surface area contributed by atoms with Crippen molar-refractivity contribution in [3.63, 3.8) is 0 Å². The maximum atomic E-state index is 4.54. The minimum atomic E-state index is 0.621. The molecule has 0 bridgehead atoms. The number of aromatic nitrogens is 2. The van der Waals surface area contributed by atoms with E-state index in [0.717, 1.165) is 17.1 Å². The zero-order valence-electron chi connectivity index (χ0n) is 11.6. The molecule has 1 heterocycles. The molecule has 1 aromatic heterocycles. The van der Waals surface area contributed by atoms with Crippen LogP contribution in [0.15, 0.2) is 35.4 Å². The van der Waals surface area contributed by atoms with Gasteiger partial charge in [-0.05, 0) is 25.3 Å². The van der Waals surface area contributed by atoms with E-state index >= 15 is 0 Å². The molecule has 0 saturated heterocycles. The first-order valence-corrected chi connectivity index (χ1v) is 7.25. The van der Waals surface area contributed by atoms with Gasteiger partial charge in [0, 0.05) is 30.8 Å². The molecule has 1 N–H and O–H groups in total. The van der Waals surface area contributed by atoms with Gasteiger partial charge in [-0.25, -0.2) is 4.98 Å². The molecule has 0 amide bonds. The van der Waals surface area contributed by atoms with Gasteiger partial charge in [-0.1, -0.05) is 12.1 Å². The lowest BCUT2D eigenvalue weighted by Crippen LogP contribution is -2.13. The Morgan fingerprint density at radius 3 is 2.63 bits per heavy atom. The largest absolute Gasteiger partial charge is 0.362 e. The highest BCUT2D eigenvalue weighted by atomic mass is 32.2. The summed E-state index contributed by atoms with van der Waals surface area (Å²) in [7, 11) is 3.96. The molecule has 0 spiro atoms. The van der Waals surface area contributed by atoms with Crippen LogP contribution in [0.5, 0.6) is 0 Å². The third-order valence-electron chi connectivity index (χ3n) is 2.72. The SMILES string of the molecule is CSc1ccccc1Nc1ncc(C)c(N(C)C)n1. The van der Waals surface area contributed by atoms with Crippen LogP contribution in [0.25, 0.3) is 0 Å². The highest BCUT2D eigenvalue weighted by Gasteiger charge is 2.07. The Labute approximate surface area is 118 Å². The van der Waals surface area contributed by atoms with E-state index < -0.39 is 0 Å². The van der Waals surface area contributed by atoms with Crippen molar-refractivity contribution in [2.75, 3.05) is 30.6 Å². The van der Waals surface area contributed by atoms with Crippen molar-refractivity contribution in [1.82, 2.24) is 9.97 Å². The zero-order chi connectivity index (χ0) is 13.8. The van der Waals surface area contributed by atoms with Crippen LogP contribution in [0.4, 0.5) is 17.5 Å². The zero-order valence-corrected chi connectivity index (χ0v) is 12.5. The van der Waals surface area contributed by atoms with Crippen molar-refractivity contribution < 1.29 is 0 Å². The number of thioether (sulfide) groups is 1. The first kappa shape index (κ1) is 13.7. The van der Waals surface area contributed by atoms with Crippen LogP contribution in [0.3, 0.4) is 0 Å². The smallest absolute Gasteiger partial charge is 0.229 e. The van der Waals surface area contributed by atoms with Crippen molar-refractivity contribution in [3.05, 3.63) is 36.0 Å². The van der Waals surface area contributed by atoms with Crippen molar-refractivity contribution in [1.29, 1.82) is 0 Å². The summed E-state index contributed by atoms with van der Waals surface area (Å²) in [6.45, 7) is 2.01. The molecular weight excluding hydrogens is 256 g/mol. The van der Waals surface area contributed by atoms with Gasteiger partial charge in [0.15, 0.2) is 0 Å². The molecule has 0 atom stereocenters. The van der Waals surface area contributed by atoms with Crippen LogP contribution < -0.4 is 10.2 Å². The lowest BCUT2D eigenvalue weighted by atomic mass is 10.3. The Kier molecular flexibility index (Phi) is 4.27. The first-order chi connectivity index (χ1) is 9.11. The summed E-state index contributed by atoms with van der Waals surface area (Å²) in [6.07, 6.45) is 3.90. The van der Waals surface area contributed by atoms with E-state index in [0.29, 0.717) is 5.95 Å². The second kappa shape index (κ2) is 5.93. The van der Waals surface area contributed by atoms with E-state index in [2.05, 4.69) is 27.6 Å². The molecule has 5 heteroatoms. The highest BCUT2D eigenvalue weighted by molar-refractivity contribution is 7.98. The predicted molar refractivity (Wildman–Crippen MR) is 82.6 cm³/mol. The van der Waals surface area contributed by atoms with E-state index in [1.807, 2.05) is 50.3 Å². The van der Waals surface area contributed by atoms with Crippen LogP contribution in [0.2, 0.25) is 0 Å². The summed E-state index contributed by atoms with van der Waals surface area (Å²) >= 11 is 1.70. The summed E-state index contributed by atoms with van der Waals surface area (Å²) in [6, 6.07) is 8.14. The molecule has 2 rings (SSSR count). The molecular formula is C14H18N4S. The monoisotopic (exact) mass is 274 g/mol. The molecule has 0 unspecified atom stereocenters. The molecule has 0 fully saturated rings. The lowest BCUT2D eigenvalue weighted by molar-refractivity contribution is 1.02. The number of aryl methyl sites for hydroxylation is 1. The molecule has 0 aliphatic carbocycles. The Balaban J connectivity index is 2.31. The predicted octanol–water partition coefficient (Wildman–Crippen LogP) is 3.32. The molecule has 1 aromatic carbocycles. The number of anilines is 3. The molecule has 2 aromatic rings. The molecule has 0 saturated carbocycles. The van der Waals surface area contributed by atoms with Crippen LogP contribution in [0.1, 0.15) is 5.56 Å². The Morgan fingerprint density at radius 1 is 1.21 bits per heavy atom. The van der Waals surface area contributed by atoms with Gasteiger partial charge in [-0.2, -0.15) is 4.98 Å².